The third-order valence-electron chi connectivity index (χ3n) is 6.38. The van der Waals surface area contributed by atoms with Crippen molar-refractivity contribution >= 4 is 18.1 Å². The van der Waals surface area contributed by atoms with Crippen LogP contribution in [0.15, 0.2) is 66.7 Å². The van der Waals surface area contributed by atoms with Crippen LogP contribution < -0.4 is 4.74 Å². The first-order valence-electron chi connectivity index (χ1n) is 12.6. The van der Waals surface area contributed by atoms with Gasteiger partial charge in [-0.05, 0) is 58.9 Å². The Morgan fingerprint density at radius 1 is 0.861 bits per heavy atom. The molecular weight excluding hydrogens is 452 g/mol. The van der Waals surface area contributed by atoms with E-state index >= 15 is 0 Å². The van der Waals surface area contributed by atoms with E-state index in [0.29, 0.717) is 26.2 Å². The third kappa shape index (κ3) is 6.23. The standard InChI is InChI=1S/C31H34O5/c1-4-22-10-13-25-15-14-24-8-6-7-9-27(24)30(28(25)20-22)36-19-18-35-26-16-11-23(12-17-26)21-29(33-3)31(32)34-5-2/h6-17,20,29-30H,4-5,18-19,21H2,1-3H3. The molecule has 3 aromatic carbocycles. The Balaban J connectivity index is 1.38. The van der Waals surface area contributed by atoms with Gasteiger partial charge >= 0.3 is 5.97 Å². The highest BCUT2D eigenvalue weighted by Gasteiger charge is 2.23. The maximum absolute atomic E-state index is 12.0. The number of hydrogen-bond acceptors (Lipinski definition) is 5. The van der Waals surface area contributed by atoms with Crippen LogP contribution in [0.4, 0.5) is 0 Å². The highest BCUT2D eigenvalue weighted by molar-refractivity contribution is 5.76. The summed E-state index contributed by atoms with van der Waals surface area (Å²) < 4.78 is 22.7. The number of rotatable bonds is 11. The Kier molecular flexibility index (Phi) is 8.93. The fraction of sp³-hybridized carbons (Fsp3) is 0.323. The fourth-order valence-electron chi connectivity index (χ4n) is 4.41. The van der Waals surface area contributed by atoms with E-state index in [9.17, 15) is 4.79 Å². The Hall–Kier alpha value is -3.41. The van der Waals surface area contributed by atoms with Gasteiger partial charge in [-0.3, -0.25) is 0 Å². The lowest BCUT2D eigenvalue weighted by molar-refractivity contribution is -0.154. The van der Waals surface area contributed by atoms with E-state index in [4.69, 9.17) is 18.9 Å². The van der Waals surface area contributed by atoms with Gasteiger partial charge < -0.3 is 18.9 Å². The van der Waals surface area contributed by atoms with Crippen molar-refractivity contribution in [2.75, 3.05) is 26.9 Å². The summed E-state index contributed by atoms with van der Waals surface area (Å²) in [6.07, 6.45) is 5.00. The Morgan fingerprint density at radius 2 is 1.58 bits per heavy atom. The molecule has 1 aliphatic carbocycles. The summed E-state index contributed by atoms with van der Waals surface area (Å²) in [5.74, 6) is 0.407. The lowest BCUT2D eigenvalue weighted by Crippen LogP contribution is -2.27. The van der Waals surface area contributed by atoms with Gasteiger partial charge in [0.2, 0.25) is 0 Å². The van der Waals surface area contributed by atoms with Crippen molar-refractivity contribution < 1.29 is 23.7 Å². The molecule has 0 aliphatic heterocycles. The number of esters is 1. The Labute approximate surface area is 213 Å². The summed E-state index contributed by atoms with van der Waals surface area (Å²) >= 11 is 0. The van der Waals surface area contributed by atoms with Crippen molar-refractivity contribution in [2.24, 2.45) is 0 Å². The average molecular weight is 487 g/mol. The average Bonchev–Trinajstić information content (AvgIpc) is 3.07. The van der Waals surface area contributed by atoms with Gasteiger partial charge in [-0.1, -0.05) is 73.7 Å². The van der Waals surface area contributed by atoms with Gasteiger partial charge in [0.25, 0.3) is 0 Å². The summed E-state index contributed by atoms with van der Waals surface area (Å²) in [5, 5.41) is 0. The zero-order valence-electron chi connectivity index (χ0n) is 21.2. The van der Waals surface area contributed by atoms with Crippen molar-refractivity contribution in [3.05, 3.63) is 100 Å². The van der Waals surface area contributed by atoms with Gasteiger partial charge in [0, 0.05) is 13.5 Å². The van der Waals surface area contributed by atoms with Gasteiger partial charge in [-0.2, -0.15) is 0 Å². The zero-order valence-corrected chi connectivity index (χ0v) is 21.2. The summed E-state index contributed by atoms with van der Waals surface area (Å²) in [4.78, 5) is 12.0. The van der Waals surface area contributed by atoms with Crippen LogP contribution in [0.5, 0.6) is 5.75 Å². The number of hydrogen-bond donors (Lipinski definition) is 0. The SMILES string of the molecule is CCOC(=O)C(Cc1ccc(OCCOC2c3ccccc3C=Cc3ccc(CC)cc32)cc1)OC. The second-order valence-electron chi connectivity index (χ2n) is 8.70. The van der Waals surface area contributed by atoms with Crippen LogP contribution >= 0.6 is 0 Å². The first-order valence-corrected chi connectivity index (χ1v) is 12.6. The molecule has 0 amide bonds. The topological polar surface area (TPSA) is 54.0 Å². The quantitative estimate of drug-likeness (QED) is 0.244. The minimum atomic E-state index is -0.613. The Morgan fingerprint density at radius 3 is 2.31 bits per heavy atom. The zero-order chi connectivity index (χ0) is 25.3. The molecule has 3 aromatic rings. The number of methoxy groups -OCH3 is 1. The molecule has 0 fully saturated rings. The molecule has 1 aliphatic rings. The highest BCUT2D eigenvalue weighted by Crippen LogP contribution is 2.36. The van der Waals surface area contributed by atoms with Crippen molar-refractivity contribution in [3.63, 3.8) is 0 Å². The van der Waals surface area contributed by atoms with Crippen molar-refractivity contribution in [3.8, 4) is 5.75 Å². The summed E-state index contributed by atoms with van der Waals surface area (Å²) in [7, 11) is 1.52. The van der Waals surface area contributed by atoms with Gasteiger partial charge in [-0.15, -0.1) is 0 Å². The molecule has 0 spiro atoms. The fourth-order valence-corrected chi connectivity index (χ4v) is 4.41. The van der Waals surface area contributed by atoms with Crippen LogP contribution in [0.3, 0.4) is 0 Å². The first-order chi connectivity index (χ1) is 17.6. The molecule has 2 unspecified atom stereocenters. The predicted octanol–water partition coefficient (Wildman–Crippen LogP) is 6.04. The number of aryl methyl sites for hydroxylation is 1. The van der Waals surface area contributed by atoms with Crippen molar-refractivity contribution in [1.82, 2.24) is 0 Å². The minimum absolute atomic E-state index is 0.155. The van der Waals surface area contributed by atoms with E-state index in [1.807, 2.05) is 24.3 Å². The first kappa shape index (κ1) is 25.7. The minimum Gasteiger partial charge on any atom is -0.491 e. The monoisotopic (exact) mass is 486 g/mol. The smallest absolute Gasteiger partial charge is 0.335 e. The van der Waals surface area contributed by atoms with Crippen LogP contribution in [0, 0.1) is 0 Å². The molecule has 36 heavy (non-hydrogen) atoms. The van der Waals surface area contributed by atoms with E-state index in [0.717, 1.165) is 17.7 Å². The maximum Gasteiger partial charge on any atom is 0.335 e. The molecule has 0 heterocycles. The molecular formula is C31H34O5. The highest BCUT2D eigenvalue weighted by atomic mass is 16.6. The molecule has 2 atom stereocenters. The molecule has 4 rings (SSSR count). The molecule has 0 N–H and O–H groups in total. The van der Waals surface area contributed by atoms with Gasteiger partial charge in [-0.25, -0.2) is 4.79 Å². The van der Waals surface area contributed by atoms with E-state index in [1.54, 1.807) is 6.92 Å². The maximum atomic E-state index is 12.0. The second kappa shape index (κ2) is 12.5. The lowest BCUT2D eigenvalue weighted by atomic mass is 9.94. The molecule has 0 aromatic heterocycles. The van der Waals surface area contributed by atoms with Crippen LogP contribution in [-0.2, 0) is 31.8 Å². The van der Waals surface area contributed by atoms with Gasteiger partial charge in [0.05, 0.1) is 13.2 Å². The molecule has 0 saturated heterocycles. The summed E-state index contributed by atoms with van der Waals surface area (Å²) in [5.41, 5.74) is 6.98. The number of benzene rings is 3. The normalized spacial score (nSPS) is 14.9. The largest absolute Gasteiger partial charge is 0.491 e. The van der Waals surface area contributed by atoms with Crippen LogP contribution in [0.1, 0.15) is 53.3 Å². The third-order valence-corrected chi connectivity index (χ3v) is 6.38. The van der Waals surface area contributed by atoms with E-state index in [-0.39, 0.29) is 12.1 Å². The van der Waals surface area contributed by atoms with Crippen LogP contribution in [-0.4, -0.2) is 39.0 Å². The van der Waals surface area contributed by atoms with E-state index in [1.165, 1.54) is 34.9 Å². The molecule has 0 bridgehead atoms. The number of ether oxygens (including phenoxy) is 4. The summed E-state index contributed by atoms with van der Waals surface area (Å²) in [6, 6.07) is 22.7. The number of carbonyl (C=O) groups excluding carboxylic acids is 1. The predicted molar refractivity (Wildman–Crippen MR) is 142 cm³/mol. The van der Waals surface area contributed by atoms with Crippen LogP contribution in [0.2, 0.25) is 0 Å². The number of carbonyl (C=O) groups is 1. The second-order valence-corrected chi connectivity index (χ2v) is 8.70. The lowest BCUT2D eigenvalue weighted by Gasteiger charge is -2.22. The number of fused-ring (bicyclic) bond motifs is 2. The van der Waals surface area contributed by atoms with Gasteiger partial charge in [0.15, 0.2) is 6.10 Å². The molecule has 0 radical (unpaired) electrons. The summed E-state index contributed by atoms with van der Waals surface area (Å²) in [6.45, 7) is 5.17. The van der Waals surface area contributed by atoms with Crippen molar-refractivity contribution in [1.29, 1.82) is 0 Å². The van der Waals surface area contributed by atoms with Crippen molar-refractivity contribution in [2.45, 2.75) is 38.9 Å². The van der Waals surface area contributed by atoms with E-state index < -0.39 is 6.10 Å². The molecule has 5 nitrogen and oxygen atoms in total. The molecule has 0 saturated carbocycles. The van der Waals surface area contributed by atoms with E-state index in [2.05, 4.69) is 61.5 Å². The molecule has 188 valence electrons. The molecule has 5 heteroatoms. The van der Waals surface area contributed by atoms with Gasteiger partial charge in [0.1, 0.15) is 18.5 Å². The Bertz CT molecular complexity index is 1180. The van der Waals surface area contributed by atoms with Crippen LogP contribution in [0.25, 0.3) is 12.2 Å².